The molecular weight excluding hydrogens is 222 g/mol. The van der Waals surface area contributed by atoms with Crippen molar-refractivity contribution in [1.82, 2.24) is 4.98 Å². The Balaban J connectivity index is 0.000000606. The highest BCUT2D eigenvalue weighted by molar-refractivity contribution is 6.31. The van der Waals surface area contributed by atoms with Gasteiger partial charge in [-0.1, -0.05) is 31.5 Å². The third-order valence-electron chi connectivity index (χ3n) is 2.18. The standard InChI is InChI=1S/C11H10ClNO.C2H6/c1-7-2-8(6-14)3-9-4-10(12)5-13-11(7)9;1-2/h2-5,14H,6H2,1H3;1-2H3. The number of aliphatic hydroxyl groups excluding tert-OH is 1. The molecule has 0 aliphatic carbocycles. The van der Waals surface area contributed by atoms with Crippen LogP contribution in [0.3, 0.4) is 0 Å². The fourth-order valence-corrected chi connectivity index (χ4v) is 1.74. The average Bonchev–Trinajstić information content (AvgIpc) is 2.30. The van der Waals surface area contributed by atoms with Gasteiger partial charge < -0.3 is 5.11 Å². The van der Waals surface area contributed by atoms with E-state index in [4.69, 9.17) is 16.7 Å². The Morgan fingerprint density at radius 2 is 1.94 bits per heavy atom. The number of fused-ring (bicyclic) bond motifs is 1. The molecule has 3 heteroatoms. The molecule has 16 heavy (non-hydrogen) atoms. The number of hydrogen-bond donors (Lipinski definition) is 1. The summed E-state index contributed by atoms with van der Waals surface area (Å²) in [6.07, 6.45) is 1.63. The first-order valence-corrected chi connectivity index (χ1v) is 5.74. The molecule has 0 atom stereocenters. The lowest BCUT2D eigenvalue weighted by Crippen LogP contribution is -1.88. The van der Waals surface area contributed by atoms with Crippen molar-refractivity contribution in [3.8, 4) is 0 Å². The molecule has 0 bridgehead atoms. The number of pyridine rings is 1. The van der Waals surface area contributed by atoms with Crippen LogP contribution < -0.4 is 0 Å². The first-order valence-electron chi connectivity index (χ1n) is 5.36. The first kappa shape index (κ1) is 12.9. The summed E-state index contributed by atoms with van der Waals surface area (Å²) >= 11 is 5.84. The minimum absolute atomic E-state index is 0.0449. The molecule has 0 fully saturated rings. The lowest BCUT2D eigenvalue weighted by Gasteiger charge is -2.04. The lowest BCUT2D eigenvalue weighted by atomic mass is 10.1. The lowest BCUT2D eigenvalue weighted by molar-refractivity contribution is 0.282. The van der Waals surface area contributed by atoms with Crippen molar-refractivity contribution in [3.05, 3.63) is 40.5 Å². The number of nitrogens with zero attached hydrogens (tertiary/aromatic N) is 1. The van der Waals surface area contributed by atoms with Gasteiger partial charge in [-0.05, 0) is 30.2 Å². The molecule has 1 heterocycles. The largest absolute Gasteiger partial charge is 0.392 e. The Morgan fingerprint density at radius 1 is 1.25 bits per heavy atom. The summed E-state index contributed by atoms with van der Waals surface area (Å²) in [6.45, 7) is 6.02. The highest BCUT2D eigenvalue weighted by atomic mass is 35.5. The number of rotatable bonds is 1. The van der Waals surface area contributed by atoms with Crippen LogP contribution in [0.5, 0.6) is 0 Å². The van der Waals surface area contributed by atoms with Gasteiger partial charge in [-0.15, -0.1) is 0 Å². The summed E-state index contributed by atoms with van der Waals surface area (Å²) in [4.78, 5) is 4.24. The van der Waals surface area contributed by atoms with E-state index in [1.807, 2.05) is 39.0 Å². The third kappa shape index (κ3) is 2.71. The molecule has 0 aliphatic rings. The van der Waals surface area contributed by atoms with E-state index in [1.54, 1.807) is 6.20 Å². The molecule has 1 aromatic heterocycles. The van der Waals surface area contributed by atoms with Gasteiger partial charge in [0.2, 0.25) is 0 Å². The Hall–Kier alpha value is -1.12. The molecule has 2 nitrogen and oxygen atoms in total. The van der Waals surface area contributed by atoms with E-state index < -0.39 is 0 Å². The summed E-state index contributed by atoms with van der Waals surface area (Å²) in [5, 5.41) is 10.6. The fourth-order valence-electron chi connectivity index (χ4n) is 1.57. The van der Waals surface area contributed by atoms with Gasteiger partial charge in [0.15, 0.2) is 0 Å². The molecule has 0 saturated heterocycles. The van der Waals surface area contributed by atoms with Crippen LogP contribution in [0.4, 0.5) is 0 Å². The van der Waals surface area contributed by atoms with Crippen molar-refractivity contribution >= 4 is 22.5 Å². The quantitative estimate of drug-likeness (QED) is 0.820. The van der Waals surface area contributed by atoms with E-state index in [9.17, 15) is 0 Å². The number of aryl methyl sites for hydroxylation is 1. The zero-order chi connectivity index (χ0) is 12.1. The molecular formula is C13H16ClNO. The van der Waals surface area contributed by atoms with Gasteiger partial charge in [0.05, 0.1) is 17.1 Å². The van der Waals surface area contributed by atoms with Gasteiger partial charge in [0.25, 0.3) is 0 Å². The molecule has 0 saturated carbocycles. The number of benzene rings is 1. The van der Waals surface area contributed by atoms with E-state index in [-0.39, 0.29) is 6.61 Å². The zero-order valence-electron chi connectivity index (χ0n) is 9.79. The second-order valence-electron chi connectivity index (χ2n) is 3.30. The topological polar surface area (TPSA) is 33.1 Å². The Kier molecular flexibility index (Phi) is 4.71. The van der Waals surface area contributed by atoms with Crippen LogP contribution >= 0.6 is 11.6 Å². The van der Waals surface area contributed by atoms with Crippen molar-refractivity contribution < 1.29 is 5.11 Å². The van der Waals surface area contributed by atoms with Crippen molar-refractivity contribution in [2.75, 3.05) is 0 Å². The SMILES string of the molecule is CC.Cc1cc(CO)cc2cc(Cl)cnc12. The molecule has 1 aromatic carbocycles. The molecule has 0 aliphatic heterocycles. The van der Waals surface area contributed by atoms with Gasteiger partial charge >= 0.3 is 0 Å². The van der Waals surface area contributed by atoms with Crippen LogP contribution in [0, 0.1) is 6.92 Å². The van der Waals surface area contributed by atoms with Crippen molar-refractivity contribution in [2.45, 2.75) is 27.4 Å². The van der Waals surface area contributed by atoms with Crippen LogP contribution in [-0.4, -0.2) is 10.1 Å². The minimum Gasteiger partial charge on any atom is -0.392 e. The van der Waals surface area contributed by atoms with Crippen molar-refractivity contribution in [1.29, 1.82) is 0 Å². The predicted molar refractivity (Wildman–Crippen MR) is 68.8 cm³/mol. The Morgan fingerprint density at radius 3 is 2.56 bits per heavy atom. The van der Waals surface area contributed by atoms with Crippen molar-refractivity contribution in [2.24, 2.45) is 0 Å². The van der Waals surface area contributed by atoms with Gasteiger partial charge in [-0.2, -0.15) is 0 Å². The van der Waals surface area contributed by atoms with Gasteiger partial charge in [-0.25, -0.2) is 0 Å². The third-order valence-corrected chi connectivity index (χ3v) is 2.39. The summed E-state index contributed by atoms with van der Waals surface area (Å²) in [5.74, 6) is 0. The molecule has 0 unspecified atom stereocenters. The highest BCUT2D eigenvalue weighted by Gasteiger charge is 2.02. The molecule has 2 aromatic rings. The molecule has 0 spiro atoms. The fraction of sp³-hybridized carbons (Fsp3) is 0.308. The molecule has 0 amide bonds. The molecule has 2 rings (SSSR count). The second-order valence-corrected chi connectivity index (χ2v) is 3.73. The Labute approximate surface area is 101 Å². The van der Waals surface area contributed by atoms with E-state index in [0.717, 1.165) is 22.0 Å². The number of hydrogen-bond acceptors (Lipinski definition) is 2. The van der Waals surface area contributed by atoms with Crippen LogP contribution in [0.2, 0.25) is 5.02 Å². The molecule has 86 valence electrons. The zero-order valence-corrected chi connectivity index (χ0v) is 10.5. The van der Waals surface area contributed by atoms with E-state index >= 15 is 0 Å². The summed E-state index contributed by atoms with van der Waals surface area (Å²) in [5.41, 5.74) is 2.88. The molecule has 0 radical (unpaired) electrons. The van der Waals surface area contributed by atoms with Gasteiger partial charge in [0, 0.05) is 11.6 Å². The normalized spacial score (nSPS) is 9.81. The number of aliphatic hydroxyl groups is 1. The first-order chi connectivity index (χ1) is 7.70. The maximum absolute atomic E-state index is 9.04. The number of aromatic nitrogens is 1. The Bertz CT molecular complexity index is 483. The van der Waals surface area contributed by atoms with Crippen LogP contribution in [0.25, 0.3) is 10.9 Å². The predicted octanol–water partition coefficient (Wildman–Crippen LogP) is 3.72. The summed E-state index contributed by atoms with van der Waals surface area (Å²) in [6, 6.07) is 5.69. The summed E-state index contributed by atoms with van der Waals surface area (Å²) in [7, 11) is 0. The second kappa shape index (κ2) is 5.83. The maximum Gasteiger partial charge on any atom is 0.0732 e. The monoisotopic (exact) mass is 237 g/mol. The molecule has 1 N–H and O–H groups in total. The van der Waals surface area contributed by atoms with Crippen molar-refractivity contribution in [3.63, 3.8) is 0 Å². The van der Waals surface area contributed by atoms with Crippen LogP contribution in [0.15, 0.2) is 24.4 Å². The van der Waals surface area contributed by atoms with Gasteiger partial charge in [-0.3, -0.25) is 4.98 Å². The number of halogens is 1. The van der Waals surface area contributed by atoms with E-state index in [0.29, 0.717) is 5.02 Å². The average molecular weight is 238 g/mol. The maximum atomic E-state index is 9.04. The highest BCUT2D eigenvalue weighted by Crippen LogP contribution is 2.21. The van der Waals surface area contributed by atoms with Crippen LogP contribution in [0.1, 0.15) is 25.0 Å². The summed E-state index contributed by atoms with van der Waals surface area (Å²) < 4.78 is 0. The van der Waals surface area contributed by atoms with E-state index in [2.05, 4.69) is 4.98 Å². The van der Waals surface area contributed by atoms with Gasteiger partial charge in [0.1, 0.15) is 0 Å². The van der Waals surface area contributed by atoms with E-state index in [1.165, 1.54) is 0 Å². The smallest absolute Gasteiger partial charge is 0.0732 e. The van der Waals surface area contributed by atoms with Crippen LogP contribution in [-0.2, 0) is 6.61 Å². The minimum atomic E-state index is 0.0449.